The van der Waals surface area contributed by atoms with Gasteiger partial charge in [0.2, 0.25) is 5.96 Å². The van der Waals surface area contributed by atoms with Crippen LogP contribution < -0.4 is 5.32 Å². The minimum atomic E-state index is 0.483. The maximum absolute atomic E-state index is 5.16. The smallest absolute Gasteiger partial charge is 0.204 e. The quantitative estimate of drug-likeness (QED) is 0.654. The molecule has 2 fully saturated rings. The summed E-state index contributed by atoms with van der Waals surface area (Å²) in [7, 11) is 0. The van der Waals surface area contributed by atoms with E-state index in [1.807, 2.05) is 0 Å². The molecule has 1 aromatic heterocycles. The lowest BCUT2D eigenvalue weighted by Crippen LogP contribution is -2.41. The molecule has 0 aromatic carbocycles. The van der Waals surface area contributed by atoms with Gasteiger partial charge in [0.25, 0.3) is 0 Å². The van der Waals surface area contributed by atoms with Gasteiger partial charge in [0, 0.05) is 11.7 Å². The molecular formula is C19H32N4. The molecule has 0 aliphatic heterocycles. The summed E-state index contributed by atoms with van der Waals surface area (Å²) >= 11 is 0. The maximum atomic E-state index is 5.16. The molecule has 1 heterocycles. The summed E-state index contributed by atoms with van der Waals surface area (Å²) in [6, 6.07) is 1.06. The second-order valence-electron chi connectivity index (χ2n) is 7.39. The molecule has 0 unspecified atom stereocenters. The van der Waals surface area contributed by atoms with Crippen LogP contribution in [-0.4, -0.2) is 27.6 Å². The van der Waals surface area contributed by atoms with Crippen LogP contribution in [0.15, 0.2) is 4.99 Å². The molecule has 2 aliphatic rings. The van der Waals surface area contributed by atoms with Crippen molar-refractivity contribution in [2.45, 2.75) is 97.1 Å². The van der Waals surface area contributed by atoms with E-state index in [1.165, 1.54) is 69.9 Å². The van der Waals surface area contributed by atoms with Crippen LogP contribution in [0.3, 0.4) is 0 Å². The van der Waals surface area contributed by atoms with E-state index in [4.69, 9.17) is 4.99 Å². The fourth-order valence-corrected chi connectivity index (χ4v) is 4.06. The van der Waals surface area contributed by atoms with E-state index in [0.29, 0.717) is 12.1 Å². The Kier molecular flexibility index (Phi) is 5.39. The Hall–Kier alpha value is -1.32. The first kappa shape index (κ1) is 16.5. The van der Waals surface area contributed by atoms with E-state index in [-0.39, 0.29) is 0 Å². The third kappa shape index (κ3) is 3.96. The second kappa shape index (κ2) is 7.50. The van der Waals surface area contributed by atoms with Crippen LogP contribution in [0.4, 0.5) is 0 Å². The van der Waals surface area contributed by atoms with Crippen LogP contribution in [0.25, 0.3) is 0 Å². The van der Waals surface area contributed by atoms with Crippen LogP contribution >= 0.6 is 0 Å². The van der Waals surface area contributed by atoms with Crippen molar-refractivity contribution < 1.29 is 0 Å². The summed E-state index contributed by atoms with van der Waals surface area (Å²) in [5.74, 6) is 2.11. The second-order valence-corrected chi connectivity index (χ2v) is 7.39. The summed E-state index contributed by atoms with van der Waals surface area (Å²) in [4.78, 5) is 9.82. The normalized spacial score (nSPS) is 21.6. The molecule has 0 saturated heterocycles. The van der Waals surface area contributed by atoms with Gasteiger partial charge in [-0.05, 0) is 46.5 Å². The Morgan fingerprint density at radius 1 is 0.957 bits per heavy atom. The minimum absolute atomic E-state index is 0.483. The third-order valence-corrected chi connectivity index (χ3v) is 5.54. The standard InChI is InChI=1S/C19H32N4/c1-14-15(2)23(16(3)20-14)19(21-17-10-6-4-7-11-17)22-18-12-8-5-9-13-18/h17-18H,4-13H2,1-3H3,(H,21,22). The monoisotopic (exact) mass is 316 g/mol. The number of nitrogens with zero attached hydrogens (tertiary/aromatic N) is 3. The van der Waals surface area contributed by atoms with Gasteiger partial charge >= 0.3 is 0 Å². The summed E-state index contributed by atoms with van der Waals surface area (Å²) in [6.45, 7) is 6.35. The highest BCUT2D eigenvalue weighted by atomic mass is 15.3. The maximum Gasteiger partial charge on any atom is 0.204 e. The highest BCUT2D eigenvalue weighted by Gasteiger charge is 2.21. The Morgan fingerprint density at radius 3 is 2.13 bits per heavy atom. The fourth-order valence-electron chi connectivity index (χ4n) is 4.06. The molecule has 4 heteroatoms. The highest BCUT2D eigenvalue weighted by molar-refractivity contribution is 5.84. The lowest BCUT2D eigenvalue weighted by atomic mass is 9.95. The molecule has 0 amide bonds. The minimum Gasteiger partial charge on any atom is -0.353 e. The third-order valence-electron chi connectivity index (χ3n) is 5.54. The predicted octanol–water partition coefficient (Wildman–Crippen LogP) is 4.27. The number of hydrogen-bond acceptors (Lipinski definition) is 2. The molecule has 4 nitrogen and oxygen atoms in total. The molecule has 2 saturated carbocycles. The van der Waals surface area contributed by atoms with Gasteiger partial charge in [0.15, 0.2) is 0 Å². The molecule has 0 bridgehead atoms. The molecule has 2 aliphatic carbocycles. The summed E-state index contributed by atoms with van der Waals surface area (Å²) < 4.78 is 2.25. The Balaban J connectivity index is 1.86. The van der Waals surface area contributed by atoms with Gasteiger partial charge in [-0.25, -0.2) is 9.98 Å². The zero-order chi connectivity index (χ0) is 16.2. The summed E-state index contributed by atoms with van der Waals surface area (Å²) in [5, 5.41) is 3.79. The van der Waals surface area contributed by atoms with E-state index in [0.717, 1.165) is 17.5 Å². The SMILES string of the molecule is Cc1nc(C)n(C(=NC2CCCCC2)NC2CCCCC2)c1C. The first-order chi connectivity index (χ1) is 11.1. The van der Waals surface area contributed by atoms with Crippen LogP contribution in [0.2, 0.25) is 0 Å². The van der Waals surface area contributed by atoms with Crippen LogP contribution in [0, 0.1) is 20.8 Å². The zero-order valence-corrected chi connectivity index (χ0v) is 15.1. The van der Waals surface area contributed by atoms with Crippen LogP contribution in [0.5, 0.6) is 0 Å². The number of hydrogen-bond donors (Lipinski definition) is 1. The largest absolute Gasteiger partial charge is 0.353 e. The average molecular weight is 316 g/mol. The number of nitrogens with one attached hydrogen (secondary N) is 1. The first-order valence-corrected chi connectivity index (χ1v) is 9.52. The van der Waals surface area contributed by atoms with Crippen molar-refractivity contribution in [1.29, 1.82) is 0 Å². The number of aromatic nitrogens is 2. The Bertz CT molecular complexity index is 546. The Labute approximate surface area is 140 Å². The van der Waals surface area contributed by atoms with Crippen molar-refractivity contribution in [3.63, 3.8) is 0 Å². The van der Waals surface area contributed by atoms with E-state index in [2.05, 4.69) is 35.6 Å². The first-order valence-electron chi connectivity index (χ1n) is 9.52. The van der Waals surface area contributed by atoms with Gasteiger partial charge in [0.1, 0.15) is 5.82 Å². The van der Waals surface area contributed by atoms with Gasteiger partial charge in [-0.2, -0.15) is 0 Å². The lowest BCUT2D eigenvalue weighted by molar-refractivity contribution is 0.405. The van der Waals surface area contributed by atoms with Gasteiger partial charge in [-0.15, -0.1) is 0 Å². The summed E-state index contributed by atoms with van der Waals surface area (Å²) in [6.07, 6.45) is 13.1. The molecule has 1 N–H and O–H groups in total. The van der Waals surface area contributed by atoms with Crippen molar-refractivity contribution in [2.24, 2.45) is 4.99 Å². The fraction of sp³-hybridized carbons (Fsp3) is 0.789. The van der Waals surface area contributed by atoms with Crippen LogP contribution in [0.1, 0.15) is 81.4 Å². The van der Waals surface area contributed by atoms with Gasteiger partial charge in [-0.1, -0.05) is 38.5 Å². The van der Waals surface area contributed by atoms with Gasteiger partial charge in [-0.3, -0.25) is 4.57 Å². The summed E-state index contributed by atoms with van der Waals surface area (Å²) in [5.41, 5.74) is 2.34. The number of aryl methyl sites for hydroxylation is 2. The average Bonchev–Trinajstić information content (AvgIpc) is 2.81. The zero-order valence-electron chi connectivity index (χ0n) is 15.1. The highest BCUT2D eigenvalue weighted by Crippen LogP contribution is 2.22. The Morgan fingerprint density at radius 2 is 1.57 bits per heavy atom. The van der Waals surface area contributed by atoms with Crippen molar-refractivity contribution in [3.05, 3.63) is 17.2 Å². The van der Waals surface area contributed by atoms with Crippen molar-refractivity contribution in [2.75, 3.05) is 0 Å². The molecule has 23 heavy (non-hydrogen) atoms. The van der Waals surface area contributed by atoms with Crippen molar-refractivity contribution in [3.8, 4) is 0 Å². The number of aliphatic imine (C=N–C) groups is 1. The van der Waals surface area contributed by atoms with E-state index in [1.54, 1.807) is 0 Å². The molecule has 3 rings (SSSR count). The predicted molar refractivity (Wildman–Crippen MR) is 96.2 cm³/mol. The topological polar surface area (TPSA) is 42.2 Å². The van der Waals surface area contributed by atoms with E-state index in [9.17, 15) is 0 Å². The van der Waals surface area contributed by atoms with Gasteiger partial charge < -0.3 is 5.32 Å². The van der Waals surface area contributed by atoms with Crippen LogP contribution in [-0.2, 0) is 0 Å². The number of rotatable bonds is 2. The van der Waals surface area contributed by atoms with Crippen molar-refractivity contribution in [1.82, 2.24) is 14.9 Å². The van der Waals surface area contributed by atoms with Gasteiger partial charge in [0.05, 0.1) is 11.7 Å². The molecule has 1 aromatic rings. The molecule has 0 atom stereocenters. The molecular weight excluding hydrogens is 284 g/mol. The molecule has 0 radical (unpaired) electrons. The molecule has 128 valence electrons. The lowest BCUT2D eigenvalue weighted by Gasteiger charge is -2.27. The molecule has 0 spiro atoms. The van der Waals surface area contributed by atoms with E-state index < -0.39 is 0 Å². The number of imidazole rings is 1. The van der Waals surface area contributed by atoms with Crippen molar-refractivity contribution >= 4 is 5.96 Å². The van der Waals surface area contributed by atoms with E-state index >= 15 is 0 Å².